The third-order valence-corrected chi connectivity index (χ3v) is 4.15. The molecule has 6 heteroatoms. The minimum absolute atomic E-state index is 0. The van der Waals surface area contributed by atoms with Gasteiger partial charge in [-0.3, -0.25) is 4.79 Å². The van der Waals surface area contributed by atoms with Crippen molar-refractivity contribution in [1.82, 2.24) is 15.2 Å². The first-order valence-electron chi connectivity index (χ1n) is 6.35. The van der Waals surface area contributed by atoms with Crippen LogP contribution in [0.3, 0.4) is 0 Å². The van der Waals surface area contributed by atoms with Crippen LogP contribution in [0, 0.1) is 5.92 Å². The maximum Gasteiger partial charge on any atom is 0.268 e. The number of nitrogens with zero attached hydrogens (tertiary/aromatic N) is 1. The highest BCUT2D eigenvalue weighted by molar-refractivity contribution is 9.10. The smallest absolute Gasteiger partial charge is 0.268 e. The van der Waals surface area contributed by atoms with Gasteiger partial charge in [-0.15, -0.1) is 12.4 Å². The normalized spacial score (nSPS) is 26.6. The zero-order chi connectivity index (χ0) is 13.3. The average Bonchev–Trinajstić information content (AvgIpc) is 2.63. The number of nitrogens with one attached hydrogen (secondary N) is 2. The van der Waals surface area contributed by atoms with Gasteiger partial charge < -0.3 is 15.2 Å². The fourth-order valence-corrected chi connectivity index (χ4v) is 3.10. The maximum absolute atomic E-state index is 12.3. The first-order chi connectivity index (χ1) is 8.49. The number of halogens is 2. The number of rotatable bonds is 2. The quantitative estimate of drug-likeness (QED) is 0.860. The van der Waals surface area contributed by atoms with Crippen molar-refractivity contribution in [2.24, 2.45) is 13.0 Å². The van der Waals surface area contributed by atoms with Crippen molar-refractivity contribution in [3.05, 3.63) is 22.4 Å². The molecule has 1 aromatic heterocycles. The number of hydrogen-bond acceptors (Lipinski definition) is 2. The van der Waals surface area contributed by atoms with Gasteiger partial charge in [0.15, 0.2) is 0 Å². The second-order valence-electron chi connectivity index (χ2n) is 5.16. The molecule has 0 bridgehead atoms. The summed E-state index contributed by atoms with van der Waals surface area (Å²) in [4.78, 5) is 12.3. The van der Waals surface area contributed by atoms with E-state index in [0.29, 0.717) is 17.7 Å². The highest BCUT2D eigenvalue weighted by Gasteiger charge is 2.29. The molecule has 1 fully saturated rings. The number of hydrogen-bond donors (Lipinski definition) is 2. The van der Waals surface area contributed by atoms with Gasteiger partial charge in [0, 0.05) is 29.8 Å². The molecular formula is C13H21BrClN3O. The lowest BCUT2D eigenvalue weighted by atomic mass is 9.89. The number of carbonyl (C=O) groups excluding carboxylic acids is 1. The van der Waals surface area contributed by atoms with Crippen LogP contribution in [0.4, 0.5) is 0 Å². The van der Waals surface area contributed by atoms with Crippen LogP contribution in [0.5, 0.6) is 0 Å². The Morgan fingerprint density at radius 2 is 2.21 bits per heavy atom. The molecule has 1 amide bonds. The second-order valence-corrected chi connectivity index (χ2v) is 6.08. The molecule has 1 aromatic rings. The van der Waals surface area contributed by atoms with E-state index in [4.69, 9.17) is 0 Å². The van der Waals surface area contributed by atoms with Crippen molar-refractivity contribution in [2.75, 3.05) is 6.54 Å². The van der Waals surface area contributed by atoms with Crippen LogP contribution in [0.15, 0.2) is 16.7 Å². The predicted octanol–water partition coefficient (Wildman–Crippen LogP) is 2.33. The molecule has 0 radical (unpaired) electrons. The molecule has 108 valence electrons. The van der Waals surface area contributed by atoms with Crippen LogP contribution in [-0.4, -0.2) is 29.1 Å². The molecule has 0 saturated carbocycles. The Labute approximate surface area is 128 Å². The first-order valence-corrected chi connectivity index (χ1v) is 7.14. The summed E-state index contributed by atoms with van der Waals surface area (Å²) >= 11 is 3.39. The van der Waals surface area contributed by atoms with Crippen LogP contribution in [0.1, 0.15) is 30.8 Å². The third-order valence-electron chi connectivity index (χ3n) is 3.72. The summed E-state index contributed by atoms with van der Waals surface area (Å²) in [6, 6.07) is 2.36. The van der Waals surface area contributed by atoms with Crippen LogP contribution in [0.25, 0.3) is 0 Å². The summed E-state index contributed by atoms with van der Waals surface area (Å²) in [5.41, 5.74) is 0.687. The fourth-order valence-electron chi connectivity index (χ4n) is 2.58. The Morgan fingerprint density at radius 1 is 1.53 bits per heavy atom. The molecule has 0 spiro atoms. The van der Waals surface area contributed by atoms with Gasteiger partial charge in [0.1, 0.15) is 5.69 Å². The maximum atomic E-state index is 12.3. The van der Waals surface area contributed by atoms with Gasteiger partial charge >= 0.3 is 0 Å². The summed E-state index contributed by atoms with van der Waals surface area (Å²) < 4.78 is 2.77. The molecule has 0 aliphatic carbocycles. The molecule has 19 heavy (non-hydrogen) atoms. The molecule has 1 aliphatic heterocycles. The molecular weight excluding hydrogens is 330 g/mol. The molecule has 2 heterocycles. The van der Waals surface area contributed by atoms with Crippen molar-refractivity contribution in [1.29, 1.82) is 0 Å². The van der Waals surface area contributed by atoms with Gasteiger partial charge in [-0.2, -0.15) is 0 Å². The Bertz CT molecular complexity index is 439. The molecule has 1 saturated heterocycles. The molecule has 3 unspecified atom stereocenters. The molecule has 2 N–H and O–H groups in total. The van der Waals surface area contributed by atoms with Crippen molar-refractivity contribution in [3.8, 4) is 0 Å². The van der Waals surface area contributed by atoms with E-state index in [-0.39, 0.29) is 24.4 Å². The number of amides is 1. The summed E-state index contributed by atoms with van der Waals surface area (Å²) in [5, 5.41) is 6.55. The first kappa shape index (κ1) is 16.5. The van der Waals surface area contributed by atoms with E-state index in [1.807, 2.05) is 23.9 Å². The summed E-state index contributed by atoms with van der Waals surface area (Å²) in [5.74, 6) is 0.504. The molecule has 1 aliphatic rings. The van der Waals surface area contributed by atoms with E-state index in [1.165, 1.54) is 0 Å². The standard InChI is InChI=1S/C13H20BrN3O.ClH/c1-8-4-5-15-9(2)12(8)16-13(18)11-6-10(14)7-17(11)3;/h6-9,12,15H,4-5H2,1-3H3,(H,16,18);1H. The highest BCUT2D eigenvalue weighted by atomic mass is 79.9. The van der Waals surface area contributed by atoms with Crippen LogP contribution >= 0.6 is 28.3 Å². The molecule has 0 aromatic carbocycles. The summed E-state index contributed by atoms with van der Waals surface area (Å²) in [7, 11) is 1.88. The predicted molar refractivity (Wildman–Crippen MR) is 82.9 cm³/mol. The number of aromatic nitrogens is 1. The Balaban J connectivity index is 0.00000180. The fraction of sp³-hybridized carbons (Fsp3) is 0.615. The Kier molecular flexibility index (Phi) is 5.89. The van der Waals surface area contributed by atoms with Crippen LogP contribution in [-0.2, 0) is 7.05 Å². The topological polar surface area (TPSA) is 46.1 Å². The van der Waals surface area contributed by atoms with E-state index in [0.717, 1.165) is 17.4 Å². The van der Waals surface area contributed by atoms with E-state index < -0.39 is 0 Å². The van der Waals surface area contributed by atoms with Gasteiger partial charge in [0.05, 0.1) is 0 Å². The summed E-state index contributed by atoms with van der Waals surface area (Å²) in [6.07, 6.45) is 2.99. The number of piperidine rings is 1. The van der Waals surface area contributed by atoms with Gasteiger partial charge in [-0.25, -0.2) is 0 Å². The van der Waals surface area contributed by atoms with E-state index in [9.17, 15) is 4.79 Å². The monoisotopic (exact) mass is 349 g/mol. The van der Waals surface area contributed by atoms with Gasteiger partial charge in [-0.05, 0) is 47.8 Å². The minimum Gasteiger partial charge on any atom is -0.346 e. The lowest BCUT2D eigenvalue weighted by Gasteiger charge is -2.36. The summed E-state index contributed by atoms with van der Waals surface area (Å²) in [6.45, 7) is 5.36. The number of carbonyl (C=O) groups is 1. The van der Waals surface area contributed by atoms with Gasteiger partial charge in [0.25, 0.3) is 5.91 Å². The third kappa shape index (κ3) is 3.74. The van der Waals surface area contributed by atoms with Crippen molar-refractivity contribution < 1.29 is 4.79 Å². The van der Waals surface area contributed by atoms with E-state index in [1.54, 1.807) is 0 Å². The Morgan fingerprint density at radius 3 is 2.74 bits per heavy atom. The van der Waals surface area contributed by atoms with Crippen molar-refractivity contribution in [2.45, 2.75) is 32.4 Å². The second kappa shape index (κ2) is 6.77. The molecule has 3 atom stereocenters. The lowest BCUT2D eigenvalue weighted by Crippen LogP contribution is -2.56. The van der Waals surface area contributed by atoms with Gasteiger partial charge in [0.2, 0.25) is 0 Å². The number of aryl methyl sites for hydroxylation is 1. The zero-order valence-electron chi connectivity index (χ0n) is 11.4. The highest BCUT2D eigenvalue weighted by Crippen LogP contribution is 2.18. The average molecular weight is 351 g/mol. The van der Waals surface area contributed by atoms with Crippen molar-refractivity contribution >= 4 is 34.2 Å². The zero-order valence-corrected chi connectivity index (χ0v) is 13.8. The lowest BCUT2D eigenvalue weighted by molar-refractivity contribution is 0.0889. The van der Waals surface area contributed by atoms with Crippen molar-refractivity contribution in [3.63, 3.8) is 0 Å². The molecule has 2 rings (SSSR count). The van der Waals surface area contributed by atoms with Crippen LogP contribution in [0.2, 0.25) is 0 Å². The largest absolute Gasteiger partial charge is 0.346 e. The van der Waals surface area contributed by atoms with Gasteiger partial charge in [-0.1, -0.05) is 6.92 Å². The van der Waals surface area contributed by atoms with Crippen LogP contribution < -0.4 is 10.6 Å². The Hall–Kier alpha value is -0.520. The SMILES string of the molecule is CC1CCNC(C)C1NC(=O)c1cc(Br)cn1C.Cl. The van der Waals surface area contributed by atoms with E-state index >= 15 is 0 Å². The van der Waals surface area contributed by atoms with E-state index in [2.05, 4.69) is 40.4 Å². The molecule has 4 nitrogen and oxygen atoms in total. The minimum atomic E-state index is -0.00407.